The lowest BCUT2D eigenvalue weighted by Gasteiger charge is -2.34. The fourth-order valence-corrected chi connectivity index (χ4v) is 11.2. The van der Waals surface area contributed by atoms with Crippen molar-refractivity contribution < 1.29 is 0 Å². The molecule has 1 heterocycles. The third-order valence-electron chi connectivity index (χ3n) is 12.0. The molecule has 12 rings (SSSR count). The summed E-state index contributed by atoms with van der Waals surface area (Å²) in [6.45, 7) is 0. The number of allylic oxidation sites excluding steroid dienone is 4. The lowest BCUT2D eigenvalue weighted by molar-refractivity contribution is 0.715. The highest BCUT2D eigenvalue weighted by atomic mass is 32.1. The first-order valence-electron chi connectivity index (χ1n) is 17.7. The highest BCUT2D eigenvalue weighted by Crippen LogP contribution is 2.66. The van der Waals surface area contributed by atoms with E-state index in [0.29, 0.717) is 0 Å². The molecule has 1 unspecified atom stereocenters. The van der Waals surface area contributed by atoms with Crippen LogP contribution in [0.15, 0.2) is 163 Å². The molecule has 0 bridgehead atoms. The highest BCUT2D eigenvalue weighted by Gasteiger charge is 2.53. The molecule has 50 heavy (non-hydrogen) atoms. The van der Waals surface area contributed by atoms with E-state index in [2.05, 4.69) is 158 Å². The van der Waals surface area contributed by atoms with E-state index >= 15 is 0 Å². The molecule has 0 fully saturated rings. The number of hydrogen-bond donors (Lipinski definition) is 0. The number of benzene rings is 8. The van der Waals surface area contributed by atoms with Crippen LogP contribution in [-0.4, -0.2) is 0 Å². The smallest absolute Gasteiger partial charge is 0.0689 e. The normalized spacial score (nSPS) is 17.6. The van der Waals surface area contributed by atoms with Crippen LogP contribution < -0.4 is 0 Å². The summed E-state index contributed by atoms with van der Waals surface area (Å²) in [5.41, 5.74) is 13.8. The highest BCUT2D eigenvalue weighted by molar-refractivity contribution is 7.25. The summed E-state index contributed by atoms with van der Waals surface area (Å²) in [6, 6.07) is 57.7. The first-order valence-corrected chi connectivity index (χ1v) is 18.6. The molecule has 3 aliphatic rings. The van der Waals surface area contributed by atoms with Crippen molar-refractivity contribution in [2.45, 2.75) is 18.3 Å². The van der Waals surface area contributed by atoms with Gasteiger partial charge in [-0.25, -0.2) is 0 Å². The molecule has 232 valence electrons. The minimum atomic E-state index is -0.336. The van der Waals surface area contributed by atoms with Crippen molar-refractivity contribution >= 4 is 75.0 Å². The summed E-state index contributed by atoms with van der Waals surface area (Å²) in [5, 5.41) is 10.7. The molecule has 0 saturated carbocycles. The average Bonchev–Trinajstić information content (AvgIpc) is 3.81. The largest absolute Gasteiger partial charge is 0.135 e. The quantitative estimate of drug-likeness (QED) is 0.155. The Balaban J connectivity index is 1.19. The SMILES string of the molecule is C1=C(c2ccc3sc4ccccc4c3c2)C2=C(CC1)C1(c3ccccc32)c2ccccc2-c2cc3c4ccccc4c4ccccc4c3cc21. The predicted molar refractivity (Wildman–Crippen MR) is 214 cm³/mol. The third kappa shape index (κ3) is 3.27. The molecule has 0 nitrogen and oxygen atoms in total. The maximum absolute atomic E-state index is 2.59. The van der Waals surface area contributed by atoms with Crippen LogP contribution in [-0.2, 0) is 5.41 Å². The summed E-state index contributed by atoms with van der Waals surface area (Å²) in [5.74, 6) is 0. The maximum atomic E-state index is 2.59. The van der Waals surface area contributed by atoms with Crippen molar-refractivity contribution in [3.63, 3.8) is 0 Å². The summed E-state index contributed by atoms with van der Waals surface area (Å²) in [7, 11) is 0. The molecule has 1 heteroatoms. The minimum Gasteiger partial charge on any atom is -0.135 e. The van der Waals surface area contributed by atoms with E-state index in [4.69, 9.17) is 0 Å². The second kappa shape index (κ2) is 9.69. The third-order valence-corrected chi connectivity index (χ3v) is 13.1. The molecule has 1 spiro atoms. The molecule has 0 N–H and O–H groups in total. The van der Waals surface area contributed by atoms with Gasteiger partial charge in [-0.2, -0.15) is 0 Å². The first-order chi connectivity index (χ1) is 24.8. The van der Waals surface area contributed by atoms with E-state index in [1.54, 1.807) is 5.57 Å². The van der Waals surface area contributed by atoms with Gasteiger partial charge in [0.15, 0.2) is 0 Å². The van der Waals surface area contributed by atoms with Crippen LogP contribution >= 0.6 is 11.3 Å². The second-order valence-electron chi connectivity index (χ2n) is 14.2. The molecule has 3 aliphatic carbocycles. The number of rotatable bonds is 1. The summed E-state index contributed by atoms with van der Waals surface area (Å²) >= 11 is 1.90. The first kappa shape index (κ1) is 27.1. The van der Waals surface area contributed by atoms with Crippen LogP contribution in [0.2, 0.25) is 0 Å². The van der Waals surface area contributed by atoms with Gasteiger partial charge in [0.05, 0.1) is 5.41 Å². The molecule has 0 radical (unpaired) electrons. The lowest BCUT2D eigenvalue weighted by Crippen LogP contribution is -2.28. The van der Waals surface area contributed by atoms with Crippen LogP contribution in [0.3, 0.4) is 0 Å². The Morgan fingerprint density at radius 1 is 0.420 bits per heavy atom. The van der Waals surface area contributed by atoms with Gasteiger partial charge in [0.2, 0.25) is 0 Å². The molecule has 0 amide bonds. The van der Waals surface area contributed by atoms with Gasteiger partial charge in [-0.3, -0.25) is 0 Å². The monoisotopic (exact) mass is 650 g/mol. The zero-order valence-corrected chi connectivity index (χ0v) is 28.2. The molecule has 9 aromatic rings. The van der Waals surface area contributed by atoms with Crippen molar-refractivity contribution in [2.75, 3.05) is 0 Å². The maximum Gasteiger partial charge on any atom is 0.0689 e. The van der Waals surface area contributed by atoms with Crippen molar-refractivity contribution in [3.05, 3.63) is 191 Å². The van der Waals surface area contributed by atoms with Gasteiger partial charge >= 0.3 is 0 Å². The van der Waals surface area contributed by atoms with Crippen LogP contribution in [0.4, 0.5) is 0 Å². The summed E-state index contributed by atoms with van der Waals surface area (Å²) < 4.78 is 2.71. The van der Waals surface area contributed by atoms with E-state index in [0.717, 1.165) is 12.8 Å². The van der Waals surface area contributed by atoms with Gasteiger partial charge < -0.3 is 0 Å². The van der Waals surface area contributed by atoms with Gasteiger partial charge in [0, 0.05) is 20.2 Å². The molecular weight excluding hydrogens is 621 g/mol. The molecular formula is C49H30S. The van der Waals surface area contributed by atoms with Gasteiger partial charge in [0.1, 0.15) is 0 Å². The molecule has 1 atom stereocenters. The second-order valence-corrected chi connectivity index (χ2v) is 15.3. The van der Waals surface area contributed by atoms with Gasteiger partial charge in [-0.15, -0.1) is 11.3 Å². The Kier molecular flexibility index (Phi) is 5.25. The minimum absolute atomic E-state index is 0.336. The topological polar surface area (TPSA) is 0 Å². The Labute approximate surface area is 294 Å². The Morgan fingerprint density at radius 2 is 1.00 bits per heavy atom. The molecule has 8 aromatic carbocycles. The van der Waals surface area contributed by atoms with Crippen LogP contribution in [0.5, 0.6) is 0 Å². The summed E-state index contributed by atoms with van der Waals surface area (Å²) in [6.07, 6.45) is 4.60. The Hall–Kier alpha value is -5.76. The number of thiophene rings is 1. The van der Waals surface area contributed by atoms with Crippen molar-refractivity contribution in [3.8, 4) is 11.1 Å². The Morgan fingerprint density at radius 3 is 1.76 bits per heavy atom. The summed E-state index contributed by atoms with van der Waals surface area (Å²) in [4.78, 5) is 0. The van der Waals surface area contributed by atoms with Crippen molar-refractivity contribution in [1.29, 1.82) is 0 Å². The number of fused-ring (bicyclic) bond motifs is 18. The Bertz CT molecular complexity index is 3040. The van der Waals surface area contributed by atoms with E-state index in [1.807, 2.05) is 11.3 Å². The molecule has 1 aromatic heterocycles. The fraction of sp³-hybridized carbons (Fsp3) is 0.0612. The zero-order valence-electron chi connectivity index (χ0n) is 27.3. The van der Waals surface area contributed by atoms with Gasteiger partial charge in [-0.05, 0) is 131 Å². The van der Waals surface area contributed by atoms with Crippen LogP contribution in [0.1, 0.15) is 40.7 Å². The van der Waals surface area contributed by atoms with Crippen LogP contribution in [0, 0.1) is 0 Å². The van der Waals surface area contributed by atoms with E-state index in [1.165, 1.54) is 103 Å². The lowest BCUT2D eigenvalue weighted by atomic mass is 9.67. The predicted octanol–water partition coefficient (Wildman–Crippen LogP) is 13.5. The average molecular weight is 651 g/mol. The van der Waals surface area contributed by atoms with Crippen molar-refractivity contribution in [1.82, 2.24) is 0 Å². The van der Waals surface area contributed by atoms with E-state index < -0.39 is 0 Å². The number of hydrogen-bond acceptors (Lipinski definition) is 1. The fourth-order valence-electron chi connectivity index (χ4n) is 10.1. The standard InChI is InChI=1S/C49H30S/c1-3-14-33-31(12-1)32-13-2-4-15-34(32)39-28-45-40(27-38(33)39)35-16-5-8-20-42(35)49(45)43-21-9-6-18-37(43)48-30(19-11-22-44(48)49)29-24-25-47-41(26-29)36-17-7-10-23-46(36)50-47/h1-10,12-21,23-28H,11,22H2. The van der Waals surface area contributed by atoms with Crippen molar-refractivity contribution in [2.24, 2.45) is 0 Å². The molecule has 0 saturated heterocycles. The van der Waals surface area contributed by atoms with E-state index in [9.17, 15) is 0 Å². The van der Waals surface area contributed by atoms with Gasteiger partial charge in [-0.1, -0.05) is 127 Å². The van der Waals surface area contributed by atoms with E-state index in [-0.39, 0.29) is 5.41 Å². The van der Waals surface area contributed by atoms with Crippen LogP contribution in [0.25, 0.3) is 74.8 Å². The molecule has 0 aliphatic heterocycles. The van der Waals surface area contributed by atoms with Gasteiger partial charge in [0.25, 0.3) is 0 Å². The zero-order chi connectivity index (χ0) is 32.6.